The first kappa shape index (κ1) is 10.4. The summed E-state index contributed by atoms with van der Waals surface area (Å²) in [5.41, 5.74) is -0.164. The first-order valence-electron chi connectivity index (χ1n) is 4.55. The van der Waals surface area contributed by atoms with Crippen LogP contribution in [0, 0.1) is 0 Å². The highest BCUT2D eigenvalue weighted by molar-refractivity contribution is 5.99. The number of aliphatic hydroxyl groups is 1. The second kappa shape index (κ2) is 3.82. The van der Waals surface area contributed by atoms with Crippen LogP contribution in [0.1, 0.15) is 0 Å². The highest BCUT2D eigenvalue weighted by Crippen LogP contribution is 2.20. The van der Waals surface area contributed by atoms with Gasteiger partial charge in [0, 0.05) is 18.5 Å². The Bertz CT molecular complexity index is 448. The van der Waals surface area contributed by atoms with E-state index in [-0.39, 0.29) is 5.57 Å². The summed E-state index contributed by atoms with van der Waals surface area (Å²) in [5.74, 6) is -0.156. The van der Waals surface area contributed by atoms with Gasteiger partial charge in [0.1, 0.15) is 17.2 Å². The monoisotopic (exact) mass is 222 g/mol. The number of rotatable bonds is 2. The smallest absolute Gasteiger partial charge is 0.337 e. The van der Waals surface area contributed by atoms with Crippen molar-refractivity contribution in [3.63, 3.8) is 0 Å². The second-order valence-corrected chi connectivity index (χ2v) is 3.22. The number of allylic oxidation sites excluding steroid dienone is 1. The van der Waals surface area contributed by atoms with E-state index in [1.807, 2.05) is 0 Å². The van der Waals surface area contributed by atoms with E-state index < -0.39 is 12.2 Å². The molecule has 0 aliphatic carbocycles. The third kappa shape index (κ3) is 1.59. The number of aliphatic hydroxyl groups excluding tert-OH is 1. The van der Waals surface area contributed by atoms with Gasteiger partial charge < -0.3 is 19.8 Å². The number of aliphatic imine (C=N–C) groups is 1. The van der Waals surface area contributed by atoms with Crippen molar-refractivity contribution in [3.05, 3.63) is 35.9 Å². The number of nitrogens with zero attached hydrogens (tertiary/aromatic N) is 2. The van der Waals surface area contributed by atoms with Crippen LogP contribution in [0.4, 0.5) is 0 Å². The van der Waals surface area contributed by atoms with Crippen molar-refractivity contribution in [1.29, 1.82) is 0 Å². The van der Waals surface area contributed by atoms with Gasteiger partial charge in [0.05, 0.1) is 7.11 Å². The lowest BCUT2D eigenvalue weighted by molar-refractivity contribution is -0.134. The topological polar surface area (TPSA) is 82.4 Å². The van der Waals surface area contributed by atoms with Crippen molar-refractivity contribution < 1.29 is 19.7 Å². The van der Waals surface area contributed by atoms with E-state index in [1.54, 1.807) is 12.2 Å². The van der Waals surface area contributed by atoms with Gasteiger partial charge in [-0.25, -0.2) is 9.79 Å². The third-order valence-corrected chi connectivity index (χ3v) is 2.30. The molecule has 2 aliphatic heterocycles. The second-order valence-electron chi connectivity index (χ2n) is 3.22. The number of hydrogen-bond donors (Lipinski definition) is 2. The molecule has 2 aliphatic rings. The summed E-state index contributed by atoms with van der Waals surface area (Å²) >= 11 is 0. The fourth-order valence-electron chi connectivity index (χ4n) is 1.44. The lowest BCUT2D eigenvalue weighted by Gasteiger charge is -2.31. The Balaban J connectivity index is 2.36. The molecule has 2 rings (SSSR count). The zero-order chi connectivity index (χ0) is 11.7. The minimum atomic E-state index is -1.23. The number of fused-ring (bicyclic) bond motifs is 1. The highest BCUT2D eigenvalue weighted by atomic mass is 16.5. The lowest BCUT2D eigenvalue weighted by atomic mass is 10.1. The average molecular weight is 222 g/mol. The maximum atomic E-state index is 10.8. The van der Waals surface area contributed by atoms with Crippen LogP contribution in [0.15, 0.2) is 40.9 Å². The van der Waals surface area contributed by atoms with Crippen LogP contribution in [0.2, 0.25) is 0 Å². The Labute approximate surface area is 91.5 Å². The van der Waals surface area contributed by atoms with Gasteiger partial charge in [-0.05, 0) is 6.08 Å². The predicted octanol–water partition coefficient (Wildman–Crippen LogP) is 0.0450. The quantitative estimate of drug-likeness (QED) is 0.689. The molecule has 0 saturated carbocycles. The van der Waals surface area contributed by atoms with Crippen molar-refractivity contribution in [1.82, 2.24) is 4.90 Å². The number of amidine groups is 1. The van der Waals surface area contributed by atoms with Crippen molar-refractivity contribution in [2.24, 2.45) is 4.99 Å². The van der Waals surface area contributed by atoms with Crippen molar-refractivity contribution >= 4 is 11.8 Å². The fourth-order valence-corrected chi connectivity index (χ4v) is 1.44. The predicted molar refractivity (Wildman–Crippen MR) is 55.2 cm³/mol. The number of hydrogen-bond acceptors (Lipinski definition) is 5. The lowest BCUT2D eigenvalue weighted by Crippen LogP contribution is -2.41. The van der Waals surface area contributed by atoms with E-state index in [0.29, 0.717) is 11.6 Å². The first-order chi connectivity index (χ1) is 7.63. The molecule has 2 heterocycles. The van der Waals surface area contributed by atoms with Crippen molar-refractivity contribution in [3.8, 4) is 0 Å². The summed E-state index contributed by atoms with van der Waals surface area (Å²) < 4.78 is 5.00. The minimum absolute atomic E-state index is 0.164. The summed E-state index contributed by atoms with van der Waals surface area (Å²) in [5, 5.41) is 18.6. The molecule has 0 aromatic heterocycles. The van der Waals surface area contributed by atoms with Crippen molar-refractivity contribution in [2.75, 3.05) is 7.11 Å². The van der Waals surface area contributed by atoms with Gasteiger partial charge in [-0.1, -0.05) is 0 Å². The number of aliphatic carboxylic acids is 1. The molecule has 0 amide bonds. The Kier molecular flexibility index (Phi) is 2.49. The normalized spacial score (nSPS) is 23.0. The maximum Gasteiger partial charge on any atom is 0.337 e. The Hall–Kier alpha value is -2.08. The molecule has 1 atom stereocenters. The largest absolute Gasteiger partial charge is 0.497 e. The number of carboxylic acids is 1. The van der Waals surface area contributed by atoms with E-state index in [9.17, 15) is 9.90 Å². The van der Waals surface area contributed by atoms with Gasteiger partial charge in [0.2, 0.25) is 0 Å². The van der Waals surface area contributed by atoms with Crippen LogP contribution in [0.25, 0.3) is 0 Å². The number of carbonyl (C=O) groups is 1. The molecule has 0 bridgehead atoms. The first-order valence-corrected chi connectivity index (χ1v) is 4.55. The fraction of sp³-hybridized carbons (Fsp3) is 0.200. The maximum absolute atomic E-state index is 10.8. The van der Waals surface area contributed by atoms with Crippen LogP contribution in [-0.4, -0.2) is 40.3 Å². The summed E-state index contributed by atoms with van der Waals surface area (Å²) in [4.78, 5) is 16.1. The van der Waals surface area contributed by atoms with Gasteiger partial charge in [0.25, 0.3) is 0 Å². The molecule has 0 saturated heterocycles. The van der Waals surface area contributed by atoms with Gasteiger partial charge in [-0.3, -0.25) is 0 Å². The molecule has 6 heteroatoms. The summed E-state index contributed by atoms with van der Waals surface area (Å²) in [6, 6.07) is 0. The molecule has 0 aromatic carbocycles. The molecule has 84 valence electrons. The summed E-state index contributed by atoms with van der Waals surface area (Å²) in [6.45, 7) is 0. The molecule has 0 aromatic rings. The van der Waals surface area contributed by atoms with Crippen LogP contribution in [-0.2, 0) is 9.53 Å². The van der Waals surface area contributed by atoms with E-state index in [4.69, 9.17) is 9.84 Å². The third-order valence-electron chi connectivity index (χ3n) is 2.30. The summed E-state index contributed by atoms with van der Waals surface area (Å²) in [7, 11) is 1.52. The van der Waals surface area contributed by atoms with E-state index in [0.717, 1.165) is 6.20 Å². The van der Waals surface area contributed by atoms with Crippen LogP contribution < -0.4 is 0 Å². The van der Waals surface area contributed by atoms with E-state index in [2.05, 4.69) is 4.99 Å². The molecule has 0 fully saturated rings. The van der Waals surface area contributed by atoms with Crippen molar-refractivity contribution in [2.45, 2.75) is 6.23 Å². The Morgan fingerprint density at radius 1 is 1.62 bits per heavy atom. The Morgan fingerprint density at radius 3 is 3.00 bits per heavy atom. The zero-order valence-electron chi connectivity index (χ0n) is 8.49. The SMILES string of the molecule is COC1=CC2=NC=C(C(=O)O)[C@@H](O)N2C=C1. The molecule has 6 nitrogen and oxygen atoms in total. The Morgan fingerprint density at radius 2 is 2.38 bits per heavy atom. The number of carboxylic acid groups (broad SMARTS) is 1. The molecule has 0 spiro atoms. The molecule has 0 unspecified atom stereocenters. The average Bonchev–Trinajstić information content (AvgIpc) is 2.28. The van der Waals surface area contributed by atoms with E-state index >= 15 is 0 Å². The highest BCUT2D eigenvalue weighted by Gasteiger charge is 2.29. The van der Waals surface area contributed by atoms with Crippen LogP contribution >= 0.6 is 0 Å². The summed E-state index contributed by atoms with van der Waals surface area (Å²) in [6.07, 6.45) is 4.67. The van der Waals surface area contributed by atoms with Gasteiger partial charge >= 0.3 is 5.97 Å². The number of methoxy groups -OCH3 is 1. The molecular weight excluding hydrogens is 212 g/mol. The minimum Gasteiger partial charge on any atom is -0.497 e. The van der Waals surface area contributed by atoms with Gasteiger partial charge in [-0.2, -0.15) is 0 Å². The molecular formula is C10H10N2O4. The van der Waals surface area contributed by atoms with Gasteiger partial charge in [-0.15, -0.1) is 0 Å². The van der Waals surface area contributed by atoms with Crippen LogP contribution in [0.5, 0.6) is 0 Å². The molecule has 2 N–H and O–H groups in total. The number of ether oxygens (including phenoxy) is 1. The van der Waals surface area contributed by atoms with Crippen LogP contribution in [0.3, 0.4) is 0 Å². The van der Waals surface area contributed by atoms with E-state index in [1.165, 1.54) is 18.2 Å². The standard InChI is InChI=1S/C10H10N2O4/c1-16-6-2-3-12-8(4-6)11-5-7(9(12)13)10(14)15/h2-5,9,13H,1H3,(H,14,15)/t9-/m1/s1. The van der Waals surface area contributed by atoms with Gasteiger partial charge in [0.15, 0.2) is 6.23 Å². The molecule has 0 radical (unpaired) electrons. The molecule has 16 heavy (non-hydrogen) atoms. The zero-order valence-corrected chi connectivity index (χ0v) is 8.49.